The van der Waals surface area contributed by atoms with Crippen molar-refractivity contribution in [2.75, 3.05) is 57.4 Å². The van der Waals surface area contributed by atoms with Gasteiger partial charge in [-0.2, -0.15) is 5.10 Å². The molecule has 398 valence electrons. The number of ether oxygens (including phenoxy) is 2. The quantitative estimate of drug-likeness (QED) is 0.0857. The van der Waals surface area contributed by atoms with E-state index in [0.717, 1.165) is 30.7 Å². The molecule has 0 spiro atoms. The van der Waals surface area contributed by atoms with Crippen molar-refractivity contribution >= 4 is 52.1 Å². The summed E-state index contributed by atoms with van der Waals surface area (Å²) in [7, 11) is 1.56. The Bertz CT molecular complexity index is 3060. The van der Waals surface area contributed by atoms with E-state index in [9.17, 15) is 24.3 Å². The van der Waals surface area contributed by atoms with Crippen molar-refractivity contribution in [2.24, 2.45) is 24.6 Å². The van der Waals surface area contributed by atoms with Gasteiger partial charge in [0.05, 0.1) is 22.6 Å². The predicted octanol–water partition coefficient (Wildman–Crippen LogP) is 7.42. The number of carbonyl (C=O) groups excluding carboxylic acids is 4. The highest BCUT2D eigenvalue weighted by Gasteiger charge is 2.51. The van der Waals surface area contributed by atoms with Crippen LogP contribution in [0.5, 0.6) is 11.6 Å². The van der Waals surface area contributed by atoms with Gasteiger partial charge < -0.3 is 30.5 Å². The van der Waals surface area contributed by atoms with E-state index in [-0.39, 0.29) is 101 Å². The van der Waals surface area contributed by atoms with Crippen molar-refractivity contribution in [3.8, 4) is 22.8 Å². The van der Waals surface area contributed by atoms with Crippen molar-refractivity contribution < 1.29 is 51.3 Å². The van der Waals surface area contributed by atoms with E-state index >= 15 is 17.6 Å². The number of hydrogen-bond acceptors (Lipinski definition) is 11. The van der Waals surface area contributed by atoms with Crippen molar-refractivity contribution in [3.63, 3.8) is 0 Å². The Labute approximate surface area is 435 Å². The molecule has 4 atom stereocenters. The highest BCUT2D eigenvalue weighted by molar-refractivity contribution is 6.34. The third kappa shape index (κ3) is 9.45. The van der Waals surface area contributed by atoms with Crippen LogP contribution < -0.4 is 30.7 Å². The molecule has 4 fully saturated rings. The largest absolute Gasteiger partial charge is 0.480 e. The van der Waals surface area contributed by atoms with Crippen molar-refractivity contribution in [3.05, 3.63) is 99.2 Å². The summed E-state index contributed by atoms with van der Waals surface area (Å²) in [6.07, 6.45) is 5.99. The molecule has 10 rings (SSSR count). The van der Waals surface area contributed by atoms with Crippen molar-refractivity contribution in [1.29, 1.82) is 0 Å². The van der Waals surface area contributed by atoms with Gasteiger partial charge in [-0.3, -0.25) is 34.2 Å². The lowest BCUT2D eigenvalue weighted by Crippen LogP contribution is -2.52. The number of aryl methyl sites for hydroxylation is 1. The zero-order chi connectivity index (χ0) is 53.0. The summed E-state index contributed by atoms with van der Waals surface area (Å²) in [5, 5.41) is 19.4. The minimum atomic E-state index is -1.16. The Morgan fingerprint density at radius 1 is 0.947 bits per heavy atom. The molecule has 5 aromatic rings. The molecule has 0 bridgehead atoms. The third-order valence-corrected chi connectivity index (χ3v) is 16.8. The van der Waals surface area contributed by atoms with E-state index in [2.05, 4.69) is 25.6 Å². The molecular formula is C54H60ClF4N9O7. The smallest absolute Gasteiger partial charge is 0.329 e. The lowest BCUT2D eigenvalue weighted by molar-refractivity contribution is -0.138. The molecule has 5 N–H and O–H groups in total. The van der Waals surface area contributed by atoms with E-state index in [1.54, 1.807) is 7.05 Å². The minimum Gasteiger partial charge on any atom is -0.480 e. The number of hydrogen-bond donors (Lipinski definition) is 4. The summed E-state index contributed by atoms with van der Waals surface area (Å²) in [4.78, 5) is 60.7. The maximum Gasteiger partial charge on any atom is 0.329 e. The maximum atomic E-state index is 16.5. The van der Waals surface area contributed by atoms with E-state index in [1.807, 2.05) is 49.1 Å². The molecule has 4 unspecified atom stereocenters. The fraction of sp³-hybridized carbons (Fsp3) is 0.481. The fourth-order valence-corrected chi connectivity index (χ4v) is 12.8. The summed E-state index contributed by atoms with van der Waals surface area (Å²) < 4.78 is 78.3. The summed E-state index contributed by atoms with van der Waals surface area (Å²) in [5.41, 5.74) is 4.96. The summed E-state index contributed by atoms with van der Waals surface area (Å²) in [5.74, 6) is -6.19. The number of piperidine rings is 2. The fourth-order valence-electron chi connectivity index (χ4n) is 12.5. The number of carbonyl (C=O) groups is 4. The highest BCUT2D eigenvalue weighted by Crippen LogP contribution is 2.56. The number of fused-ring (bicyclic) bond motifs is 2. The molecule has 5 amide bonds. The summed E-state index contributed by atoms with van der Waals surface area (Å²) in [6.45, 7) is 5.99. The first-order valence-corrected chi connectivity index (χ1v) is 26.1. The molecule has 6 heterocycles. The molecule has 3 aromatic carbocycles. The summed E-state index contributed by atoms with van der Waals surface area (Å²) >= 11 is 6.70. The van der Waals surface area contributed by atoms with Crippen LogP contribution in [0.25, 0.3) is 22.0 Å². The molecule has 5 aliphatic rings. The standard InChI is InChI=1S/C54H60ClF4N9O7/c1-28-26-67(19-15-34(28)42-37(56)23-35-48(46(42)58)65(3)64-50(35)68-20-16-40(70)63-53(68)73)33-13-17-66(18-14-33)52(72)30-9-11-32(12-10-30)62-27-54(31-7-5-4-6-8-31)29(2)41-39(75-54)24-38(57)45(55)44(41)43-36(49(60)71)25-61-51(47(43)59)74-22-21-69/h4-8,23-25,28-30,32-34,62,69H,9-22,26-27H2,1-3H3,(H2,60,71)(H,63,70,73). The number of halogens is 5. The van der Waals surface area contributed by atoms with E-state index in [4.69, 9.17) is 26.8 Å². The number of aromatic nitrogens is 3. The Morgan fingerprint density at radius 2 is 1.68 bits per heavy atom. The molecule has 1 aliphatic carbocycles. The molecular weight excluding hydrogens is 998 g/mol. The Kier molecular flexibility index (Phi) is 14.6. The normalized spacial score (nSPS) is 24.6. The zero-order valence-electron chi connectivity index (χ0n) is 41.9. The van der Waals surface area contributed by atoms with E-state index < -0.39 is 75.7 Å². The van der Waals surface area contributed by atoms with Gasteiger partial charge in [-0.25, -0.2) is 27.3 Å². The van der Waals surface area contributed by atoms with Gasteiger partial charge in [0.15, 0.2) is 23.1 Å². The first kappa shape index (κ1) is 52.1. The predicted molar refractivity (Wildman–Crippen MR) is 270 cm³/mol. The van der Waals surface area contributed by atoms with Crippen LogP contribution in [0.4, 0.5) is 28.2 Å². The van der Waals surface area contributed by atoms with E-state index in [0.29, 0.717) is 63.8 Å². The number of amides is 5. The first-order chi connectivity index (χ1) is 36.0. The van der Waals surface area contributed by atoms with Crippen LogP contribution in [-0.4, -0.2) is 118 Å². The molecule has 21 heteroatoms. The number of rotatable bonds is 13. The topological polar surface area (TPSA) is 197 Å². The van der Waals surface area contributed by atoms with Crippen LogP contribution in [0.3, 0.4) is 0 Å². The SMILES string of the molecule is CC1CN(C2CCN(C(=O)C3CCC(NCC4(c5ccccc5)Oc5cc(F)c(Cl)c(-c6c(C(N)=O)cnc(OCCO)c6F)c5C4C)CC3)CC2)CCC1c1c(F)cc2c(N3CCC(=O)NC3=O)nn(C)c2c1F. The molecule has 3 saturated heterocycles. The first-order valence-electron chi connectivity index (χ1n) is 25.7. The molecule has 2 aromatic heterocycles. The van der Waals surface area contributed by atoms with Gasteiger partial charge in [0, 0.05) is 105 Å². The van der Waals surface area contributed by atoms with Crippen molar-refractivity contribution in [1.82, 2.24) is 35.2 Å². The molecule has 16 nitrogen and oxygen atoms in total. The Morgan fingerprint density at radius 3 is 2.36 bits per heavy atom. The second-order valence-corrected chi connectivity index (χ2v) is 21.1. The number of anilines is 1. The Balaban J connectivity index is 0.765. The minimum absolute atomic E-state index is 0.0104. The number of pyridine rings is 1. The van der Waals surface area contributed by atoms with Crippen LogP contribution in [0, 0.1) is 35.1 Å². The lowest BCUT2D eigenvalue weighted by atomic mass is 9.77. The highest BCUT2D eigenvalue weighted by atomic mass is 35.5. The third-order valence-electron chi connectivity index (χ3n) is 16.4. The second kappa shape index (κ2) is 21.0. The summed E-state index contributed by atoms with van der Waals surface area (Å²) in [6, 6.07) is 11.4. The molecule has 1 saturated carbocycles. The Hall–Kier alpha value is -6.35. The van der Waals surface area contributed by atoms with Crippen LogP contribution in [-0.2, 0) is 22.2 Å². The van der Waals surface area contributed by atoms with Crippen LogP contribution in [0.1, 0.15) is 104 Å². The lowest BCUT2D eigenvalue weighted by Gasteiger charge is -2.45. The van der Waals surface area contributed by atoms with Gasteiger partial charge in [0.2, 0.25) is 11.8 Å². The van der Waals surface area contributed by atoms with Crippen molar-refractivity contribution in [2.45, 2.75) is 94.7 Å². The van der Waals surface area contributed by atoms with Crippen LogP contribution >= 0.6 is 11.6 Å². The number of aliphatic hydroxyl groups excluding tert-OH is 1. The monoisotopic (exact) mass is 1060 g/mol. The maximum absolute atomic E-state index is 16.5. The van der Waals surface area contributed by atoms with Gasteiger partial charge in [0.25, 0.3) is 11.8 Å². The number of likely N-dealkylation sites (tertiary alicyclic amines) is 2. The number of benzene rings is 3. The second-order valence-electron chi connectivity index (χ2n) is 20.7. The molecule has 0 radical (unpaired) electrons. The average molecular weight is 1060 g/mol. The molecule has 75 heavy (non-hydrogen) atoms. The van der Waals surface area contributed by atoms with Gasteiger partial charge >= 0.3 is 6.03 Å². The number of nitrogens with two attached hydrogens (primary N) is 1. The number of imide groups is 1. The van der Waals surface area contributed by atoms with Gasteiger partial charge in [-0.15, -0.1) is 0 Å². The van der Waals surface area contributed by atoms with Crippen LogP contribution in [0.2, 0.25) is 5.02 Å². The number of nitrogens with zero attached hydrogens (tertiary/aromatic N) is 6. The average Bonchev–Trinajstić information content (AvgIpc) is 3.97. The molecule has 4 aliphatic heterocycles. The van der Waals surface area contributed by atoms with Gasteiger partial charge in [0.1, 0.15) is 29.5 Å². The number of primary amides is 1. The number of nitrogens with one attached hydrogen (secondary N) is 2. The number of aliphatic hydroxyl groups is 1. The van der Waals surface area contributed by atoms with Gasteiger partial charge in [-0.05, 0) is 75.0 Å². The van der Waals surface area contributed by atoms with Crippen LogP contribution in [0.15, 0.2) is 48.7 Å². The van der Waals surface area contributed by atoms with E-state index in [1.165, 1.54) is 15.6 Å². The number of urea groups is 1. The van der Waals surface area contributed by atoms with Gasteiger partial charge in [-0.1, -0.05) is 55.8 Å². The zero-order valence-corrected chi connectivity index (χ0v) is 42.7.